The molecule has 0 radical (unpaired) electrons. The molecule has 0 spiro atoms. The molecule has 6 rings (SSSR count). The molecule has 2 heterocycles. The predicted molar refractivity (Wildman–Crippen MR) is 159 cm³/mol. The van der Waals surface area contributed by atoms with Gasteiger partial charge < -0.3 is 33.9 Å². The number of carbonyl (C=O) groups is 2. The first-order valence-electron chi connectivity index (χ1n) is 15.7. The number of esters is 2. The number of rotatable bonds is 5. The molecular weight excluding hydrogens is 601 g/mol. The number of aliphatic hydroxyl groups is 2. The Morgan fingerprint density at radius 1 is 1.05 bits per heavy atom. The summed E-state index contributed by atoms with van der Waals surface area (Å²) in [5, 5.41) is 23.1. The van der Waals surface area contributed by atoms with Gasteiger partial charge in [0, 0.05) is 25.5 Å². The Morgan fingerprint density at radius 3 is 2.48 bits per heavy atom. The quantitative estimate of drug-likeness (QED) is 0.262. The Bertz CT molecular complexity index is 1080. The van der Waals surface area contributed by atoms with Crippen LogP contribution in [0.5, 0.6) is 0 Å². The number of fused-ring (bicyclic) bond motifs is 5. The SMILES string of the molecule is CO[C@@H]1[C@@H](O)[C@H](C)O[C@@H](O[C@H]2CC[C@@]3(C)[C@H](CC[C@@H]4[C@@H]3CC[C@]3(C)[C@@H](C5=CC(=O)OC5)CC[C@]43O)C2)[C@H]1OC(C)=O.[GeH4]. The third-order valence-electron chi connectivity index (χ3n) is 12.6. The van der Waals surface area contributed by atoms with Crippen LogP contribution in [0.3, 0.4) is 0 Å². The minimum atomic E-state index is -0.926. The zero-order valence-electron chi connectivity index (χ0n) is 25.2. The van der Waals surface area contributed by atoms with Gasteiger partial charge in [-0.2, -0.15) is 0 Å². The van der Waals surface area contributed by atoms with Crippen molar-refractivity contribution in [3.05, 3.63) is 11.6 Å². The summed E-state index contributed by atoms with van der Waals surface area (Å²) < 4.78 is 28.9. The molecule has 0 aromatic heterocycles. The third-order valence-corrected chi connectivity index (χ3v) is 12.6. The van der Waals surface area contributed by atoms with E-state index in [0.29, 0.717) is 18.4 Å². The van der Waals surface area contributed by atoms with Gasteiger partial charge in [-0.15, -0.1) is 0 Å². The molecule has 1 saturated heterocycles. The second kappa shape index (κ2) is 11.7. The van der Waals surface area contributed by atoms with Gasteiger partial charge in [0.1, 0.15) is 18.8 Å². The number of cyclic esters (lactones) is 1. The van der Waals surface area contributed by atoms with Crippen molar-refractivity contribution in [2.75, 3.05) is 13.7 Å². The van der Waals surface area contributed by atoms with E-state index in [2.05, 4.69) is 13.8 Å². The number of carbonyl (C=O) groups excluding carboxylic acids is 2. The van der Waals surface area contributed by atoms with Crippen LogP contribution < -0.4 is 0 Å². The number of methoxy groups -OCH3 is 1. The molecule has 0 aromatic rings. The molecule has 0 unspecified atom stereocenters. The summed E-state index contributed by atoms with van der Waals surface area (Å²) in [4.78, 5) is 23.7. The van der Waals surface area contributed by atoms with E-state index in [9.17, 15) is 19.8 Å². The molecule has 2 aliphatic heterocycles. The third kappa shape index (κ3) is 5.02. The van der Waals surface area contributed by atoms with E-state index in [1.165, 1.54) is 14.0 Å². The molecular formula is C32H52GeO9. The van der Waals surface area contributed by atoms with Gasteiger partial charge in [0.25, 0.3) is 0 Å². The first-order valence-corrected chi connectivity index (χ1v) is 15.7. The van der Waals surface area contributed by atoms with Crippen molar-refractivity contribution in [1.82, 2.24) is 0 Å². The van der Waals surface area contributed by atoms with Crippen LogP contribution in [-0.2, 0) is 33.3 Å². The number of ether oxygens (including phenoxy) is 5. The molecule has 42 heavy (non-hydrogen) atoms. The van der Waals surface area contributed by atoms with Crippen molar-refractivity contribution in [3.63, 3.8) is 0 Å². The Balaban J connectivity index is 0.00000353. The van der Waals surface area contributed by atoms with Crippen LogP contribution in [0, 0.1) is 34.5 Å². The van der Waals surface area contributed by atoms with Crippen LogP contribution in [0.2, 0.25) is 0 Å². The van der Waals surface area contributed by atoms with E-state index < -0.39 is 42.3 Å². The Hall–Kier alpha value is -0.977. The fourth-order valence-corrected chi connectivity index (χ4v) is 10.4. The van der Waals surface area contributed by atoms with Gasteiger partial charge in [0.15, 0.2) is 12.4 Å². The normalized spacial score (nSPS) is 50.0. The van der Waals surface area contributed by atoms with Crippen molar-refractivity contribution in [1.29, 1.82) is 0 Å². The van der Waals surface area contributed by atoms with Gasteiger partial charge in [0.05, 0.1) is 17.8 Å². The van der Waals surface area contributed by atoms with Crippen LogP contribution in [0.1, 0.15) is 85.5 Å². The van der Waals surface area contributed by atoms with Crippen molar-refractivity contribution in [2.24, 2.45) is 34.5 Å². The average Bonchev–Trinajstić information content (AvgIpc) is 3.46. The van der Waals surface area contributed by atoms with Gasteiger partial charge in [0.2, 0.25) is 0 Å². The minimum absolute atomic E-state index is 0. The standard InChI is InChI=1S/C32H48O9.GeH4/c1-17-26(35)27(37-5)28(40-18(2)33)29(39-17)41-21-8-11-30(3)20(15-21)6-7-24-23(30)9-12-31(4)22(10-13-32(24,31)36)19-14-25(34)38-16-19;/h14,17,20-24,26-29,35-36H,6-13,15-16H2,1-5H3;1H4/t17-,20+,21-,22+,23-,24+,26-,27+,28-,29-,30-,31+,32-;/m0./s1. The van der Waals surface area contributed by atoms with Gasteiger partial charge in [-0.25, -0.2) is 4.79 Å². The first kappa shape index (κ1) is 32.4. The van der Waals surface area contributed by atoms with E-state index in [-0.39, 0.29) is 52.3 Å². The summed E-state index contributed by atoms with van der Waals surface area (Å²) in [7, 11) is 1.50. The predicted octanol–water partition coefficient (Wildman–Crippen LogP) is 2.23. The molecule has 2 N–H and O–H groups in total. The van der Waals surface area contributed by atoms with Crippen LogP contribution in [0.25, 0.3) is 0 Å². The Morgan fingerprint density at radius 2 is 1.81 bits per heavy atom. The van der Waals surface area contributed by atoms with E-state index in [0.717, 1.165) is 63.4 Å². The summed E-state index contributed by atoms with van der Waals surface area (Å²) in [6.45, 7) is 8.19. The Kier molecular flexibility index (Phi) is 9.07. The number of hydrogen-bond donors (Lipinski definition) is 2. The molecule has 0 bridgehead atoms. The van der Waals surface area contributed by atoms with Crippen LogP contribution in [0.15, 0.2) is 11.6 Å². The number of aliphatic hydroxyl groups excluding tert-OH is 1. The molecule has 9 nitrogen and oxygen atoms in total. The molecule has 0 aromatic carbocycles. The van der Waals surface area contributed by atoms with Crippen molar-refractivity contribution < 1.29 is 43.5 Å². The van der Waals surface area contributed by atoms with Crippen molar-refractivity contribution in [2.45, 2.75) is 128 Å². The fourth-order valence-electron chi connectivity index (χ4n) is 10.4. The monoisotopic (exact) mass is 654 g/mol. The first-order chi connectivity index (χ1) is 19.4. The maximum atomic E-state index is 12.5. The summed E-state index contributed by atoms with van der Waals surface area (Å²) in [6.07, 6.45) is 6.35. The molecule has 13 atom stereocenters. The van der Waals surface area contributed by atoms with E-state index >= 15 is 0 Å². The summed E-state index contributed by atoms with van der Waals surface area (Å²) >= 11 is 0. The second-order valence-electron chi connectivity index (χ2n) is 14.3. The molecule has 6 aliphatic rings. The second-order valence-corrected chi connectivity index (χ2v) is 14.3. The molecule has 0 amide bonds. The van der Waals surface area contributed by atoms with E-state index in [4.69, 9.17) is 23.7 Å². The molecule has 5 fully saturated rings. The van der Waals surface area contributed by atoms with Crippen LogP contribution >= 0.6 is 0 Å². The van der Waals surface area contributed by atoms with Gasteiger partial charge in [-0.05, 0) is 99.4 Å². The topological polar surface area (TPSA) is 121 Å². The van der Waals surface area contributed by atoms with E-state index in [1.54, 1.807) is 13.0 Å². The summed E-state index contributed by atoms with van der Waals surface area (Å²) in [5.74, 6) is 0.650. The zero-order valence-corrected chi connectivity index (χ0v) is 25.2. The number of hydrogen-bond acceptors (Lipinski definition) is 9. The zero-order chi connectivity index (χ0) is 29.3. The average molecular weight is 653 g/mol. The summed E-state index contributed by atoms with van der Waals surface area (Å²) in [6, 6.07) is 0. The van der Waals surface area contributed by atoms with Gasteiger partial charge in [-0.3, -0.25) is 4.79 Å². The van der Waals surface area contributed by atoms with E-state index in [1.807, 2.05) is 0 Å². The molecule has 4 saturated carbocycles. The molecule has 10 heteroatoms. The Labute approximate surface area is 260 Å². The van der Waals surface area contributed by atoms with Crippen molar-refractivity contribution >= 4 is 29.5 Å². The van der Waals surface area contributed by atoms with Crippen LogP contribution in [0.4, 0.5) is 0 Å². The van der Waals surface area contributed by atoms with Gasteiger partial charge >= 0.3 is 29.5 Å². The van der Waals surface area contributed by atoms with Gasteiger partial charge in [-0.1, -0.05) is 13.8 Å². The molecule has 238 valence electrons. The summed E-state index contributed by atoms with van der Waals surface area (Å²) in [5.41, 5.74) is 0.221. The molecule has 4 aliphatic carbocycles. The van der Waals surface area contributed by atoms with Crippen LogP contribution in [-0.4, -0.2) is 95.9 Å². The fraction of sp³-hybridized carbons (Fsp3) is 0.875. The maximum absolute atomic E-state index is 12.5. The van der Waals surface area contributed by atoms with Crippen molar-refractivity contribution in [3.8, 4) is 0 Å².